The van der Waals surface area contributed by atoms with Gasteiger partial charge in [-0.15, -0.1) is 0 Å². The molecule has 1 unspecified atom stereocenters. The number of carbonyl (C=O) groups is 2. The van der Waals surface area contributed by atoms with E-state index in [0.717, 1.165) is 24.0 Å². The number of hydrogen-bond donors (Lipinski definition) is 2. The van der Waals surface area contributed by atoms with E-state index in [0.29, 0.717) is 25.8 Å². The van der Waals surface area contributed by atoms with Crippen LogP contribution in [0.25, 0.3) is 0 Å². The molecule has 2 amide bonds. The predicted octanol–water partition coefficient (Wildman–Crippen LogP) is 2.64. The summed E-state index contributed by atoms with van der Waals surface area (Å²) in [6.07, 6.45) is 3.26. The molecule has 2 N–H and O–H groups in total. The molecule has 29 heavy (non-hydrogen) atoms. The molecule has 2 aromatic carbocycles. The van der Waals surface area contributed by atoms with Gasteiger partial charge in [0.1, 0.15) is 0 Å². The van der Waals surface area contributed by atoms with Crippen LogP contribution in [0.1, 0.15) is 36.0 Å². The highest BCUT2D eigenvalue weighted by atomic mass is 16.3. The normalized spacial score (nSPS) is 18.6. The number of likely N-dealkylation sites (tertiary alicyclic amines) is 1. The monoisotopic (exact) mass is 394 g/mol. The summed E-state index contributed by atoms with van der Waals surface area (Å²) >= 11 is 0. The number of benzene rings is 2. The van der Waals surface area contributed by atoms with Gasteiger partial charge in [0.2, 0.25) is 11.8 Å². The third-order valence-corrected chi connectivity index (χ3v) is 5.77. The number of aliphatic hydroxyl groups is 1. The summed E-state index contributed by atoms with van der Waals surface area (Å²) < 4.78 is 0. The fraction of sp³-hybridized carbons (Fsp3) is 0.417. The van der Waals surface area contributed by atoms with Crippen molar-refractivity contribution in [3.05, 3.63) is 71.3 Å². The first-order valence-corrected chi connectivity index (χ1v) is 10.3. The molecule has 0 saturated carbocycles. The second-order valence-corrected chi connectivity index (χ2v) is 7.96. The summed E-state index contributed by atoms with van der Waals surface area (Å²) in [5.41, 5.74) is 2.82. The number of aliphatic hydroxyl groups excluding tert-OH is 1. The number of carbonyl (C=O) groups excluding carboxylic acids is 2. The largest absolute Gasteiger partial charge is 0.394 e. The highest BCUT2D eigenvalue weighted by molar-refractivity contribution is 5.85. The van der Waals surface area contributed by atoms with Gasteiger partial charge in [-0.3, -0.25) is 9.59 Å². The van der Waals surface area contributed by atoms with Crippen molar-refractivity contribution < 1.29 is 14.7 Å². The molecule has 154 valence electrons. The average Bonchev–Trinajstić information content (AvgIpc) is 3.16. The van der Waals surface area contributed by atoms with Crippen LogP contribution in [0, 0.1) is 6.92 Å². The minimum absolute atomic E-state index is 0.0245. The van der Waals surface area contributed by atoms with E-state index >= 15 is 0 Å². The Hall–Kier alpha value is -2.66. The number of rotatable bonds is 8. The Balaban J connectivity index is 1.53. The van der Waals surface area contributed by atoms with Crippen LogP contribution in [0.3, 0.4) is 0 Å². The lowest BCUT2D eigenvalue weighted by Crippen LogP contribution is -2.54. The van der Waals surface area contributed by atoms with Crippen molar-refractivity contribution in [2.75, 3.05) is 19.7 Å². The molecule has 0 aliphatic carbocycles. The van der Waals surface area contributed by atoms with Crippen molar-refractivity contribution in [2.24, 2.45) is 0 Å². The third-order valence-electron chi connectivity index (χ3n) is 5.77. The van der Waals surface area contributed by atoms with Crippen LogP contribution in [0.2, 0.25) is 0 Å². The van der Waals surface area contributed by atoms with Crippen molar-refractivity contribution in [2.45, 2.75) is 44.6 Å². The molecule has 1 heterocycles. The molecule has 0 radical (unpaired) electrons. The summed E-state index contributed by atoms with van der Waals surface area (Å²) in [7, 11) is 0. The third kappa shape index (κ3) is 5.45. The lowest BCUT2D eigenvalue weighted by molar-refractivity contribution is -0.137. The van der Waals surface area contributed by atoms with E-state index in [1.165, 1.54) is 5.56 Å². The summed E-state index contributed by atoms with van der Waals surface area (Å²) in [5, 5.41) is 12.9. The Bertz CT molecular complexity index is 820. The standard InChI is InChI=1S/C24H30N2O3/c1-19-8-10-20(11-9-19)12-13-22(28)25-17-23(29)26-15-5-14-24(26,18-27)16-21-6-3-2-4-7-21/h2-4,6-11,27H,5,12-18H2,1H3,(H,25,28). The highest BCUT2D eigenvalue weighted by Gasteiger charge is 2.43. The Morgan fingerprint density at radius 2 is 1.79 bits per heavy atom. The van der Waals surface area contributed by atoms with Crippen LogP contribution < -0.4 is 5.32 Å². The molecular weight excluding hydrogens is 364 g/mol. The maximum absolute atomic E-state index is 12.8. The van der Waals surface area contributed by atoms with Gasteiger partial charge in [0.25, 0.3) is 0 Å². The Morgan fingerprint density at radius 3 is 2.48 bits per heavy atom. The summed E-state index contributed by atoms with van der Waals surface area (Å²) in [6.45, 7) is 2.55. The molecular formula is C24H30N2O3. The van der Waals surface area contributed by atoms with E-state index in [4.69, 9.17) is 0 Å². The summed E-state index contributed by atoms with van der Waals surface area (Å²) in [5.74, 6) is -0.257. The molecule has 5 heteroatoms. The van der Waals surface area contributed by atoms with E-state index in [1.807, 2.05) is 61.5 Å². The molecule has 1 fully saturated rings. The van der Waals surface area contributed by atoms with Gasteiger partial charge in [0, 0.05) is 13.0 Å². The fourth-order valence-electron chi connectivity index (χ4n) is 4.08. The van der Waals surface area contributed by atoms with Crippen molar-refractivity contribution in [3.63, 3.8) is 0 Å². The van der Waals surface area contributed by atoms with Gasteiger partial charge >= 0.3 is 0 Å². The van der Waals surface area contributed by atoms with E-state index in [-0.39, 0.29) is 25.0 Å². The van der Waals surface area contributed by atoms with Crippen LogP contribution in [-0.2, 0) is 22.4 Å². The first-order valence-electron chi connectivity index (χ1n) is 10.3. The van der Waals surface area contributed by atoms with Gasteiger partial charge in [-0.25, -0.2) is 0 Å². The minimum atomic E-state index is -0.578. The van der Waals surface area contributed by atoms with Gasteiger partial charge in [-0.05, 0) is 43.7 Å². The van der Waals surface area contributed by atoms with Crippen LogP contribution in [0.15, 0.2) is 54.6 Å². The zero-order valence-electron chi connectivity index (χ0n) is 17.1. The second kappa shape index (κ2) is 9.70. The van der Waals surface area contributed by atoms with E-state index in [1.54, 1.807) is 4.90 Å². The zero-order chi connectivity index (χ0) is 20.7. The Labute approximate surface area is 172 Å². The number of amides is 2. The second-order valence-electron chi connectivity index (χ2n) is 7.96. The number of nitrogens with zero attached hydrogens (tertiary/aromatic N) is 1. The molecule has 1 aliphatic rings. The predicted molar refractivity (Wildman–Crippen MR) is 113 cm³/mol. The molecule has 1 saturated heterocycles. The lowest BCUT2D eigenvalue weighted by atomic mass is 9.88. The SMILES string of the molecule is Cc1ccc(CCC(=O)NCC(=O)N2CCCC2(CO)Cc2ccccc2)cc1. The van der Waals surface area contributed by atoms with Gasteiger partial charge in [0.05, 0.1) is 18.7 Å². The molecule has 0 spiro atoms. The van der Waals surface area contributed by atoms with Crippen molar-refractivity contribution in [1.29, 1.82) is 0 Å². The van der Waals surface area contributed by atoms with Crippen LogP contribution >= 0.6 is 0 Å². The maximum atomic E-state index is 12.8. The molecule has 0 bridgehead atoms. The molecule has 2 aromatic rings. The Morgan fingerprint density at radius 1 is 1.07 bits per heavy atom. The van der Waals surface area contributed by atoms with E-state index in [2.05, 4.69) is 5.32 Å². The molecule has 1 atom stereocenters. The fourth-order valence-corrected chi connectivity index (χ4v) is 4.08. The van der Waals surface area contributed by atoms with Gasteiger partial charge in [-0.2, -0.15) is 0 Å². The van der Waals surface area contributed by atoms with Gasteiger partial charge in [0.15, 0.2) is 0 Å². The number of nitrogens with one attached hydrogen (secondary N) is 1. The molecule has 0 aromatic heterocycles. The van der Waals surface area contributed by atoms with Crippen LogP contribution in [0.4, 0.5) is 0 Å². The van der Waals surface area contributed by atoms with Crippen LogP contribution in [-0.4, -0.2) is 47.1 Å². The van der Waals surface area contributed by atoms with Gasteiger partial charge in [-0.1, -0.05) is 60.2 Å². The molecule has 5 nitrogen and oxygen atoms in total. The van der Waals surface area contributed by atoms with Crippen LogP contribution in [0.5, 0.6) is 0 Å². The molecule has 1 aliphatic heterocycles. The van der Waals surface area contributed by atoms with E-state index in [9.17, 15) is 14.7 Å². The highest BCUT2D eigenvalue weighted by Crippen LogP contribution is 2.32. The first-order chi connectivity index (χ1) is 14.0. The van der Waals surface area contributed by atoms with Gasteiger partial charge < -0.3 is 15.3 Å². The average molecular weight is 395 g/mol. The van der Waals surface area contributed by atoms with Crippen molar-refractivity contribution in [3.8, 4) is 0 Å². The maximum Gasteiger partial charge on any atom is 0.242 e. The minimum Gasteiger partial charge on any atom is -0.394 e. The molecule has 3 rings (SSSR count). The summed E-state index contributed by atoms with van der Waals surface area (Å²) in [4.78, 5) is 26.8. The zero-order valence-corrected chi connectivity index (χ0v) is 17.1. The quantitative estimate of drug-likeness (QED) is 0.723. The lowest BCUT2D eigenvalue weighted by Gasteiger charge is -2.37. The summed E-state index contributed by atoms with van der Waals surface area (Å²) in [6, 6.07) is 18.0. The smallest absolute Gasteiger partial charge is 0.242 e. The van der Waals surface area contributed by atoms with Crippen molar-refractivity contribution in [1.82, 2.24) is 10.2 Å². The van der Waals surface area contributed by atoms with E-state index < -0.39 is 5.54 Å². The Kier molecular flexibility index (Phi) is 7.04. The number of aryl methyl sites for hydroxylation is 2. The first kappa shape index (κ1) is 21.1. The van der Waals surface area contributed by atoms with Crippen molar-refractivity contribution >= 4 is 11.8 Å². The topological polar surface area (TPSA) is 69.6 Å². The number of hydrogen-bond acceptors (Lipinski definition) is 3.